The van der Waals surface area contributed by atoms with Crippen LogP contribution in [0.1, 0.15) is 42.7 Å². The fourth-order valence-corrected chi connectivity index (χ4v) is 3.78. The predicted octanol–water partition coefficient (Wildman–Crippen LogP) is 3.56. The molecule has 3 rings (SSSR count). The van der Waals surface area contributed by atoms with Crippen molar-refractivity contribution >= 4 is 29.9 Å². The van der Waals surface area contributed by atoms with Crippen LogP contribution in [0.4, 0.5) is 0 Å². The lowest BCUT2D eigenvalue weighted by Crippen LogP contribution is -2.46. The Hall–Kier alpha value is -1.65. The monoisotopic (exact) mass is 554 g/mol. The van der Waals surface area contributed by atoms with Crippen LogP contribution in [-0.4, -0.2) is 66.6 Å². The number of nitrogens with zero attached hydrogens (tertiary/aromatic N) is 4. The van der Waals surface area contributed by atoms with Crippen LogP contribution in [-0.2, 0) is 13.1 Å². The third-order valence-electron chi connectivity index (χ3n) is 5.70. The van der Waals surface area contributed by atoms with Gasteiger partial charge in [0.15, 0.2) is 5.96 Å². The number of oxazole rings is 1. The zero-order valence-electron chi connectivity index (χ0n) is 19.8. The van der Waals surface area contributed by atoms with Gasteiger partial charge in [-0.2, -0.15) is 0 Å². The van der Waals surface area contributed by atoms with Gasteiger partial charge in [0.1, 0.15) is 12.3 Å². The minimum absolute atomic E-state index is 0. The summed E-state index contributed by atoms with van der Waals surface area (Å²) in [6.07, 6.45) is 2.33. The number of hydrogen-bond acceptors (Lipinski definition) is 5. The molecule has 2 aromatic rings. The number of rotatable bonds is 10. The van der Waals surface area contributed by atoms with Gasteiger partial charge in [-0.3, -0.25) is 4.90 Å². The fraction of sp³-hybridized carbons (Fsp3) is 0.583. The van der Waals surface area contributed by atoms with E-state index in [0.717, 1.165) is 56.6 Å². The molecule has 2 N–H and O–H groups in total. The zero-order valence-corrected chi connectivity index (χ0v) is 22.1. The summed E-state index contributed by atoms with van der Waals surface area (Å²) in [6, 6.07) is 10.8. The Morgan fingerprint density at radius 2 is 1.75 bits per heavy atom. The largest absolute Gasteiger partial charge is 0.444 e. The van der Waals surface area contributed by atoms with Crippen LogP contribution >= 0.6 is 24.0 Å². The molecule has 7 nitrogen and oxygen atoms in total. The van der Waals surface area contributed by atoms with Crippen molar-refractivity contribution in [2.75, 3.05) is 45.8 Å². The Morgan fingerprint density at radius 3 is 2.41 bits per heavy atom. The summed E-state index contributed by atoms with van der Waals surface area (Å²) >= 11 is 0. The molecule has 2 heterocycles. The maximum absolute atomic E-state index is 5.61. The second kappa shape index (κ2) is 14.5. The van der Waals surface area contributed by atoms with Gasteiger partial charge in [-0.1, -0.05) is 30.3 Å². The number of guanidine groups is 1. The molecule has 0 radical (unpaired) electrons. The van der Waals surface area contributed by atoms with Gasteiger partial charge in [0.05, 0.1) is 5.69 Å². The average molecular weight is 555 g/mol. The SMILES string of the molecule is CCNC(=NCc1nc(C)c(C)o1)NCCCCN1CCN(Cc2ccccc2)CC1.I. The summed E-state index contributed by atoms with van der Waals surface area (Å²) in [5, 5.41) is 6.72. The van der Waals surface area contributed by atoms with Crippen molar-refractivity contribution < 1.29 is 4.42 Å². The van der Waals surface area contributed by atoms with Gasteiger partial charge >= 0.3 is 0 Å². The summed E-state index contributed by atoms with van der Waals surface area (Å²) in [5.74, 6) is 2.35. The molecule has 0 unspecified atom stereocenters. The van der Waals surface area contributed by atoms with Crippen molar-refractivity contribution in [3.63, 3.8) is 0 Å². The molecular weight excluding hydrogens is 515 g/mol. The molecule has 0 spiro atoms. The van der Waals surface area contributed by atoms with E-state index in [1.807, 2.05) is 13.8 Å². The third-order valence-corrected chi connectivity index (χ3v) is 5.70. The van der Waals surface area contributed by atoms with Gasteiger partial charge in [-0.15, -0.1) is 24.0 Å². The summed E-state index contributed by atoms with van der Waals surface area (Å²) in [4.78, 5) is 14.1. The van der Waals surface area contributed by atoms with Gasteiger partial charge < -0.3 is 20.0 Å². The number of benzene rings is 1. The Balaban J connectivity index is 0.00000363. The molecule has 0 atom stereocenters. The molecule has 1 fully saturated rings. The number of aryl methyl sites for hydroxylation is 2. The van der Waals surface area contributed by atoms with Crippen molar-refractivity contribution in [3.8, 4) is 0 Å². The number of halogens is 1. The lowest BCUT2D eigenvalue weighted by Gasteiger charge is -2.34. The van der Waals surface area contributed by atoms with Gasteiger partial charge in [-0.05, 0) is 45.7 Å². The Bertz CT molecular complexity index is 783. The molecule has 1 saturated heterocycles. The van der Waals surface area contributed by atoms with Crippen molar-refractivity contribution in [1.82, 2.24) is 25.4 Å². The first kappa shape index (κ1) is 26.6. The highest BCUT2D eigenvalue weighted by molar-refractivity contribution is 14.0. The second-order valence-corrected chi connectivity index (χ2v) is 8.18. The van der Waals surface area contributed by atoms with Gasteiger partial charge in [-0.25, -0.2) is 9.98 Å². The number of unbranched alkanes of at least 4 members (excludes halogenated alkanes) is 1. The molecule has 8 heteroatoms. The molecule has 0 aliphatic carbocycles. The highest BCUT2D eigenvalue weighted by Crippen LogP contribution is 2.10. The van der Waals surface area contributed by atoms with Gasteiger partial charge in [0, 0.05) is 45.8 Å². The van der Waals surface area contributed by atoms with Crippen LogP contribution in [0, 0.1) is 13.8 Å². The Morgan fingerprint density at radius 1 is 1.03 bits per heavy atom. The zero-order chi connectivity index (χ0) is 21.9. The van der Waals surface area contributed by atoms with E-state index in [1.54, 1.807) is 0 Å². The minimum Gasteiger partial charge on any atom is -0.444 e. The van der Waals surface area contributed by atoms with Crippen molar-refractivity contribution in [1.29, 1.82) is 0 Å². The maximum Gasteiger partial charge on any atom is 0.216 e. The Labute approximate surface area is 210 Å². The van der Waals surface area contributed by atoms with Gasteiger partial charge in [0.25, 0.3) is 0 Å². The molecular formula is C24H39IN6O. The number of aromatic nitrogens is 1. The first-order valence-electron chi connectivity index (χ1n) is 11.6. The maximum atomic E-state index is 5.61. The summed E-state index contributed by atoms with van der Waals surface area (Å²) in [7, 11) is 0. The predicted molar refractivity (Wildman–Crippen MR) is 142 cm³/mol. The van der Waals surface area contributed by atoms with Gasteiger partial charge in [0.2, 0.25) is 5.89 Å². The van der Waals surface area contributed by atoms with Crippen LogP contribution in [0.5, 0.6) is 0 Å². The number of hydrogen-bond donors (Lipinski definition) is 2. The smallest absolute Gasteiger partial charge is 0.216 e. The minimum atomic E-state index is 0. The van der Waals surface area contributed by atoms with Crippen LogP contribution in [0.3, 0.4) is 0 Å². The van der Waals surface area contributed by atoms with E-state index in [2.05, 4.69) is 67.7 Å². The van der Waals surface area contributed by atoms with E-state index >= 15 is 0 Å². The van der Waals surface area contributed by atoms with Crippen molar-refractivity contribution in [2.24, 2.45) is 4.99 Å². The number of piperazine rings is 1. The van der Waals surface area contributed by atoms with Crippen LogP contribution in [0.25, 0.3) is 0 Å². The van der Waals surface area contributed by atoms with E-state index in [4.69, 9.17) is 4.42 Å². The van der Waals surface area contributed by atoms with E-state index < -0.39 is 0 Å². The molecule has 1 aliphatic heterocycles. The highest BCUT2D eigenvalue weighted by atomic mass is 127. The molecule has 1 aromatic carbocycles. The molecule has 0 bridgehead atoms. The van der Waals surface area contributed by atoms with Crippen LogP contribution < -0.4 is 10.6 Å². The van der Waals surface area contributed by atoms with Crippen LogP contribution in [0.2, 0.25) is 0 Å². The van der Waals surface area contributed by atoms with Crippen LogP contribution in [0.15, 0.2) is 39.7 Å². The standard InChI is InChI=1S/C24H38N6O.HI/c1-4-25-24(27-18-23-28-20(2)21(3)31-23)26-12-8-9-13-29-14-16-30(17-15-29)19-22-10-6-5-7-11-22;/h5-7,10-11H,4,8-9,12-19H2,1-3H3,(H2,25,26,27);1H. The van der Waals surface area contributed by atoms with E-state index in [9.17, 15) is 0 Å². The lowest BCUT2D eigenvalue weighted by molar-refractivity contribution is 0.126. The highest BCUT2D eigenvalue weighted by Gasteiger charge is 2.16. The van der Waals surface area contributed by atoms with Crippen molar-refractivity contribution in [3.05, 3.63) is 53.2 Å². The first-order chi connectivity index (χ1) is 15.1. The molecule has 1 aromatic heterocycles. The molecule has 32 heavy (non-hydrogen) atoms. The second-order valence-electron chi connectivity index (χ2n) is 8.18. The lowest BCUT2D eigenvalue weighted by atomic mass is 10.2. The van der Waals surface area contributed by atoms with E-state index in [-0.39, 0.29) is 24.0 Å². The molecule has 178 valence electrons. The quantitative estimate of drug-likeness (QED) is 0.203. The summed E-state index contributed by atoms with van der Waals surface area (Å²) in [6.45, 7) is 15.1. The third kappa shape index (κ3) is 9.07. The summed E-state index contributed by atoms with van der Waals surface area (Å²) in [5.41, 5.74) is 2.34. The number of aliphatic imine (C=N–C) groups is 1. The normalized spacial score (nSPS) is 15.4. The van der Waals surface area contributed by atoms with E-state index in [1.165, 1.54) is 31.6 Å². The fourth-order valence-electron chi connectivity index (χ4n) is 3.78. The average Bonchev–Trinajstić information content (AvgIpc) is 3.11. The number of nitrogens with one attached hydrogen (secondary N) is 2. The summed E-state index contributed by atoms with van der Waals surface area (Å²) < 4.78 is 5.61. The molecule has 1 aliphatic rings. The molecule has 0 saturated carbocycles. The topological polar surface area (TPSA) is 68.9 Å². The Kier molecular flexibility index (Phi) is 12.0. The van der Waals surface area contributed by atoms with E-state index in [0.29, 0.717) is 12.4 Å². The van der Waals surface area contributed by atoms with Crippen molar-refractivity contribution in [2.45, 2.75) is 46.7 Å². The first-order valence-corrected chi connectivity index (χ1v) is 11.6. The molecule has 0 amide bonds.